The lowest BCUT2D eigenvalue weighted by atomic mass is 9.69. The van der Waals surface area contributed by atoms with Crippen LogP contribution < -0.4 is 5.43 Å². The first kappa shape index (κ1) is 15.1. The van der Waals surface area contributed by atoms with Crippen LogP contribution in [-0.4, -0.2) is 16.5 Å². The number of benzene rings is 1. The molecule has 1 aliphatic heterocycles. The van der Waals surface area contributed by atoms with Crippen molar-refractivity contribution in [2.45, 2.75) is 56.9 Å². The Bertz CT molecular complexity index is 631. The lowest BCUT2D eigenvalue weighted by molar-refractivity contribution is 0.0226. The van der Waals surface area contributed by atoms with Crippen LogP contribution >= 0.6 is 11.6 Å². The summed E-state index contributed by atoms with van der Waals surface area (Å²) in [4.78, 5) is 13.2. The van der Waals surface area contributed by atoms with E-state index in [1.165, 1.54) is 37.8 Å². The van der Waals surface area contributed by atoms with E-state index in [1.807, 2.05) is 17.1 Å². The first-order chi connectivity index (χ1) is 11.2. The molecule has 4 heteroatoms. The lowest BCUT2D eigenvalue weighted by Gasteiger charge is -2.43. The average molecular weight is 331 g/mol. The number of hydrogen-bond acceptors (Lipinski definition) is 2. The van der Waals surface area contributed by atoms with Crippen LogP contribution in [0, 0.1) is 5.92 Å². The van der Waals surface area contributed by atoms with Gasteiger partial charge in [0.15, 0.2) is 0 Å². The summed E-state index contributed by atoms with van der Waals surface area (Å²) in [5, 5.41) is 2.64. The van der Waals surface area contributed by atoms with Crippen LogP contribution in [0.1, 0.15) is 61.7 Å². The van der Waals surface area contributed by atoms with Crippen LogP contribution in [-0.2, 0) is 0 Å². The summed E-state index contributed by atoms with van der Waals surface area (Å²) in [5.41, 5.74) is 5.44. The van der Waals surface area contributed by atoms with Gasteiger partial charge in [-0.05, 0) is 56.4 Å². The number of hydrazine groups is 1. The Morgan fingerprint density at radius 1 is 1.13 bits per heavy atom. The van der Waals surface area contributed by atoms with Crippen molar-refractivity contribution in [2.24, 2.45) is 5.92 Å². The third-order valence-corrected chi connectivity index (χ3v) is 6.04. The van der Waals surface area contributed by atoms with E-state index in [9.17, 15) is 4.79 Å². The van der Waals surface area contributed by atoms with E-state index in [0.29, 0.717) is 16.5 Å². The molecule has 1 aromatic rings. The van der Waals surface area contributed by atoms with E-state index >= 15 is 0 Å². The standard InChI is InChI=1S/C19H23ClN2O/c20-15-10-8-14(9-11-15)18(23)22-19(12-4-1-5-13-19)16-6-2-3-7-17(16)21-22/h7-11,16,21H,1-6,12-13H2/t16-/m0/s1. The molecule has 1 spiro atoms. The smallest absolute Gasteiger partial charge is 0.272 e. The average Bonchev–Trinajstić information content (AvgIpc) is 2.90. The Kier molecular flexibility index (Phi) is 3.84. The molecule has 2 fully saturated rings. The number of halogens is 1. The summed E-state index contributed by atoms with van der Waals surface area (Å²) in [6, 6.07) is 7.26. The van der Waals surface area contributed by atoms with Gasteiger partial charge in [-0.15, -0.1) is 0 Å². The van der Waals surface area contributed by atoms with Crippen molar-refractivity contribution in [1.82, 2.24) is 10.4 Å². The van der Waals surface area contributed by atoms with E-state index in [2.05, 4.69) is 11.5 Å². The van der Waals surface area contributed by atoms with E-state index in [-0.39, 0.29) is 11.4 Å². The van der Waals surface area contributed by atoms with Gasteiger partial charge in [0.25, 0.3) is 5.91 Å². The molecule has 23 heavy (non-hydrogen) atoms. The van der Waals surface area contributed by atoms with Gasteiger partial charge < -0.3 is 0 Å². The van der Waals surface area contributed by atoms with Crippen LogP contribution in [0.2, 0.25) is 5.02 Å². The minimum Gasteiger partial charge on any atom is -0.299 e. The highest BCUT2D eigenvalue weighted by atomic mass is 35.5. The first-order valence-electron chi connectivity index (χ1n) is 8.77. The van der Waals surface area contributed by atoms with E-state index < -0.39 is 0 Å². The monoisotopic (exact) mass is 330 g/mol. The number of rotatable bonds is 1. The summed E-state index contributed by atoms with van der Waals surface area (Å²) in [7, 11) is 0. The minimum atomic E-state index is -0.0266. The van der Waals surface area contributed by atoms with Gasteiger partial charge in [0.05, 0.1) is 5.54 Å². The van der Waals surface area contributed by atoms with Gasteiger partial charge in [-0.25, -0.2) is 5.01 Å². The fourth-order valence-corrected chi connectivity index (χ4v) is 4.79. The molecule has 1 heterocycles. The van der Waals surface area contributed by atoms with Crippen LogP contribution in [0.15, 0.2) is 36.0 Å². The Labute approximate surface area is 142 Å². The molecule has 2 aliphatic carbocycles. The number of carbonyl (C=O) groups is 1. The summed E-state index contributed by atoms with van der Waals surface area (Å²) < 4.78 is 0. The van der Waals surface area contributed by atoms with Gasteiger partial charge >= 0.3 is 0 Å². The van der Waals surface area contributed by atoms with Crippen LogP contribution in [0.3, 0.4) is 0 Å². The second-order valence-corrected chi connectivity index (χ2v) is 7.50. The number of carbonyl (C=O) groups excluding carboxylic acids is 1. The molecule has 1 atom stereocenters. The number of hydrogen-bond donors (Lipinski definition) is 1. The number of nitrogens with zero attached hydrogens (tertiary/aromatic N) is 1. The van der Waals surface area contributed by atoms with Gasteiger partial charge in [-0.3, -0.25) is 10.2 Å². The van der Waals surface area contributed by atoms with E-state index in [4.69, 9.17) is 11.6 Å². The molecule has 4 rings (SSSR count). The molecule has 1 N–H and O–H groups in total. The second kappa shape index (κ2) is 5.86. The van der Waals surface area contributed by atoms with Crippen LogP contribution in [0.4, 0.5) is 0 Å². The highest BCUT2D eigenvalue weighted by Gasteiger charge is 2.53. The van der Waals surface area contributed by atoms with E-state index in [1.54, 1.807) is 12.1 Å². The molecule has 122 valence electrons. The van der Waals surface area contributed by atoms with Gasteiger partial charge in [0.1, 0.15) is 0 Å². The molecular weight excluding hydrogens is 308 g/mol. The van der Waals surface area contributed by atoms with Crippen molar-refractivity contribution in [1.29, 1.82) is 0 Å². The highest BCUT2D eigenvalue weighted by Crippen LogP contribution is 2.49. The van der Waals surface area contributed by atoms with Crippen LogP contribution in [0.5, 0.6) is 0 Å². The fraction of sp³-hybridized carbons (Fsp3) is 0.526. The summed E-state index contributed by atoms with van der Waals surface area (Å²) in [6.45, 7) is 0. The molecule has 0 radical (unpaired) electrons. The van der Waals surface area contributed by atoms with Gasteiger partial charge in [-0.1, -0.05) is 36.9 Å². The molecule has 1 amide bonds. The largest absolute Gasteiger partial charge is 0.299 e. The normalized spacial score (nSPS) is 25.7. The number of fused-ring (bicyclic) bond motifs is 2. The quantitative estimate of drug-likeness (QED) is 0.810. The lowest BCUT2D eigenvalue weighted by Crippen LogP contribution is -2.54. The second-order valence-electron chi connectivity index (χ2n) is 7.07. The number of allylic oxidation sites excluding steroid dienone is 1. The van der Waals surface area contributed by atoms with Crippen molar-refractivity contribution >= 4 is 17.5 Å². The summed E-state index contributed by atoms with van der Waals surface area (Å²) >= 11 is 5.97. The minimum absolute atomic E-state index is 0.0266. The van der Waals surface area contributed by atoms with Crippen molar-refractivity contribution in [3.05, 3.63) is 46.6 Å². The third kappa shape index (κ3) is 2.46. The summed E-state index contributed by atoms with van der Waals surface area (Å²) in [5.74, 6) is 0.576. The number of amides is 1. The third-order valence-electron chi connectivity index (χ3n) is 5.79. The molecule has 3 nitrogen and oxygen atoms in total. The van der Waals surface area contributed by atoms with Gasteiger partial charge in [-0.2, -0.15) is 0 Å². The predicted molar refractivity (Wildman–Crippen MR) is 92.0 cm³/mol. The SMILES string of the molecule is O=C(c1ccc(Cl)cc1)N1NC2=CCCC[C@@H]2C12CCCCC2. The van der Waals surface area contributed by atoms with Gasteiger partial charge in [0.2, 0.25) is 0 Å². The van der Waals surface area contributed by atoms with Crippen molar-refractivity contribution < 1.29 is 4.79 Å². The van der Waals surface area contributed by atoms with Crippen molar-refractivity contribution in [2.75, 3.05) is 0 Å². The maximum Gasteiger partial charge on any atom is 0.272 e. The topological polar surface area (TPSA) is 32.3 Å². The zero-order valence-electron chi connectivity index (χ0n) is 13.4. The molecule has 1 saturated heterocycles. The Balaban J connectivity index is 1.70. The molecule has 0 unspecified atom stereocenters. The molecule has 0 aromatic heterocycles. The number of nitrogens with one attached hydrogen (secondary N) is 1. The highest BCUT2D eigenvalue weighted by molar-refractivity contribution is 6.30. The zero-order chi connectivity index (χ0) is 15.9. The maximum absolute atomic E-state index is 13.2. The van der Waals surface area contributed by atoms with Gasteiger partial charge in [0, 0.05) is 22.2 Å². The molecule has 3 aliphatic rings. The first-order valence-corrected chi connectivity index (χ1v) is 9.15. The van der Waals surface area contributed by atoms with Crippen LogP contribution in [0.25, 0.3) is 0 Å². The predicted octanol–water partition coefficient (Wildman–Crippen LogP) is 4.69. The fourth-order valence-electron chi connectivity index (χ4n) is 4.67. The van der Waals surface area contributed by atoms with E-state index in [0.717, 1.165) is 19.3 Å². The Morgan fingerprint density at radius 2 is 1.87 bits per heavy atom. The summed E-state index contributed by atoms with van der Waals surface area (Å²) in [6.07, 6.45) is 11.8. The van der Waals surface area contributed by atoms with Crippen molar-refractivity contribution in [3.63, 3.8) is 0 Å². The van der Waals surface area contributed by atoms with Crippen molar-refractivity contribution in [3.8, 4) is 0 Å². The zero-order valence-corrected chi connectivity index (χ0v) is 14.1. The molecule has 0 bridgehead atoms. The molecule has 1 saturated carbocycles. The molecular formula is C19H23ClN2O. The Hall–Kier alpha value is -1.48. The maximum atomic E-state index is 13.2. The Morgan fingerprint density at radius 3 is 2.61 bits per heavy atom. The molecule has 1 aromatic carbocycles.